The Hall–Kier alpha value is -2.30. The summed E-state index contributed by atoms with van der Waals surface area (Å²) in [6.07, 6.45) is 2.40. The molecule has 0 unspecified atom stereocenters. The Kier molecular flexibility index (Phi) is 3.41. The molecule has 5 nitrogen and oxygen atoms in total. The van der Waals surface area contributed by atoms with Crippen molar-refractivity contribution in [2.75, 3.05) is 7.11 Å². The highest BCUT2D eigenvalue weighted by Crippen LogP contribution is 2.42. The lowest BCUT2D eigenvalue weighted by atomic mass is 10.1. The molecule has 0 amide bonds. The Morgan fingerprint density at radius 2 is 2.05 bits per heavy atom. The quantitative estimate of drug-likeness (QED) is 0.654. The molecule has 110 valence electrons. The van der Waals surface area contributed by atoms with Crippen LogP contribution in [0.1, 0.15) is 41.3 Å². The maximum atomic E-state index is 7.67. The monoisotopic (exact) mass is 284 g/mol. The Bertz CT molecular complexity index is 668. The van der Waals surface area contributed by atoms with Crippen molar-refractivity contribution in [1.29, 1.82) is 5.41 Å². The van der Waals surface area contributed by atoms with Crippen molar-refractivity contribution in [2.45, 2.75) is 32.2 Å². The molecule has 1 fully saturated rings. The van der Waals surface area contributed by atoms with Crippen LogP contribution in [0.5, 0.6) is 5.75 Å². The van der Waals surface area contributed by atoms with Crippen LogP contribution in [-0.4, -0.2) is 22.7 Å². The zero-order chi connectivity index (χ0) is 15.0. The maximum Gasteiger partial charge on any atom is 0.144 e. The van der Waals surface area contributed by atoms with E-state index in [1.165, 1.54) is 18.5 Å². The van der Waals surface area contributed by atoms with Gasteiger partial charge in [0, 0.05) is 17.2 Å². The van der Waals surface area contributed by atoms with Gasteiger partial charge in [0.15, 0.2) is 0 Å². The molecule has 1 heterocycles. The number of hydrogen-bond acceptors (Lipinski definition) is 3. The van der Waals surface area contributed by atoms with E-state index in [4.69, 9.17) is 15.9 Å². The highest BCUT2D eigenvalue weighted by atomic mass is 16.5. The van der Waals surface area contributed by atoms with Crippen molar-refractivity contribution in [3.63, 3.8) is 0 Å². The summed E-state index contributed by atoms with van der Waals surface area (Å²) in [5.41, 5.74) is 9.70. The largest absolute Gasteiger partial charge is 0.497 e. The van der Waals surface area contributed by atoms with Crippen LogP contribution >= 0.6 is 0 Å². The van der Waals surface area contributed by atoms with Crippen molar-refractivity contribution in [2.24, 2.45) is 5.73 Å². The molecule has 3 rings (SSSR count). The summed E-state index contributed by atoms with van der Waals surface area (Å²) in [5.74, 6) is 1.47. The number of aromatic nitrogens is 2. The second-order valence-electron chi connectivity index (χ2n) is 5.55. The van der Waals surface area contributed by atoms with Crippen LogP contribution in [0.15, 0.2) is 24.3 Å². The van der Waals surface area contributed by atoms with E-state index in [0.717, 1.165) is 16.9 Å². The number of methoxy groups -OCH3 is 1. The molecule has 1 saturated carbocycles. The second-order valence-corrected chi connectivity index (χ2v) is 5.55. The Morgan fingerprint density at radius 3 is 2.57 bits per heavy atom. The minimum absolute atomic E-state index is 0.0443. The lowest BCUT2D eigenvalue weighted by molar-refractivity contribution is 0.414. The summed E-state index contributed by atoms with van der Waals surface area (Å²) in [5, 5.41) is 12.2. The third-order valence-corrected chi connectivity index (χ3v) is 3.95. The molecular weight excluding hydrogens is 264 g/mol. The third kappa shape index (κ3) is 2.63. The number of nitrogens with zero attached hydrogens (tertiary/aromatic N) is 2. The van der Waals surface area contributed by atoms with Gasteiger partial charge in [-0.2, -0.15) is 5.10 Å². The first-order valence-corrected chi connectivity index (χ1v) is 7.14. The Labute approximate surface area is 124 Å². The molecule has 0 spiro atoms. The minimum atomic E-state index is 0.0443. The van der Waals surface area contributed by atoms with Gasteiger partial charge in [-0.15, -0.1) is 0 Å². The molecule has 21 heavy (non-hydrogen) atoms. The van der Waals surface area contributed by atoms with Gasteiger partial charge in [0.1, 0.15) is 17.3 Å². The van der Waals surface area contributed by atoms with E-state index in [0.29, 0.717) is 18.2 Å². The predicted molar refractivity (Wildman–Crippen MR) is 82.1 cm³/mol. The summed E-state index contributed by atoms with van der Waals surface area (Å²) in [6, 6.07) is 7.99. The first-order valence-electron chi connectivity index (χ1n) is 7.14. The smallest absolute Gasteiger partial charge is 0.144 e. The SMILES string of the molecule is COc1ccc(Cn2nc(C(=N)N)c(C)c2C2CC2)cc1. The van der Waals surface area contributed by atoms with Crippen LogP contribution in [0.25, 0.3) is 0 Å². The molecule has 1 aromatic heterocycles. The first kappa shape index (κ1) is 13.7. The molecule has 1 aromatic carbocycles. The molecule has 2 aromatic rings. The number of nitrogens with two attached hydrogens (primary N) is 1. The van der Waals surface area contributed by atoms with Crippen LogP contribution in [-0.2, 0) is 6.54 Å². The van der Waals surface area contributed by atoms with E-state index in [1.54, 1.807) is 7.11 Å². The average Bonchev–Trinajstić information content (AvgIpc) is 3.24. The van der Waals surface area contributed by atoms with Crippen LogP contribution in [0.3, 0.4) is 0 Å². The van der Waals surface area contributed by atoms with Crippen LogP contribution in [0.4, 0.5) is 0 Å². The fourth-order valence-electron chi connectivity index (χ4n) is 2.72. The van der Waals surface area contributed by atoms with Gasteiger partial charge in [-0.3, -0.25) is 10.1 Å². The van der Waals surface area contributed by atoms with Gasteiger partial charge < -0.3 is 10.5 Å². The summed E-state index contributed by atoms with van der Waals surface area (Å²) >= 11 is 0. The van der Waals surface area contributed by atoms with E-state index >= 15 is 0 Å². The molecule has 0 bridgehead atoms. The molecule has 0 saturated heterocycles. The summed E-state index contributed by atoms with van der Waals surface area (Å²) in [6.45, 7) is 2.71. The maximum absolute atomic E-state index is 7.67. The summed E-state index contributed by atoms with van der Waals surface area (Å²) < 4.78 is 7.18. The molecule has 0 radical (unpaired) electrons. The Balaban J connectivity index is 1.93. The number of amidine groups is 1. The molecular formula is C16H20N4O. The third-order valence-electron chi connectivity index (χ3n) is 3.95. The van der Waals surface area contributed by atoms with E-state index in [2.05, 4.69) is 5.10 Å². The number of rotatable bonds is 5. The number of nitrogens with one attached hydrogen (secondary N) is 1. The molecule has 0 aliphatic heterocycles. The summed E-state index contributed by atoms with van der Waals surface area (Å²) in [4.78, 5) is 0. The Morgan fingerprint density at radius 1 is 1.38 bits per heavy atom. The average molecular weight is 284 g/mol. The fraction of sp³-hybridized carbons (Fsp3) is 0.375. The van der Waals surface area contributed by atoms with Gasteiger partial charge in [-0.1, -0.05) is 12.1 Å². The topological polar surface area (TPSA) is 76.9 Å². The highest BCUT2D eigenvalue weighted by Gasteiger charge is 2.31. The van der Waals surface area contributed by atoms with E-state index in [1.807, 2.05) is 35.9 Å². The lowest BCUT2D eigenvalue weighted by Crippen LogP contribution is -2.14. The number of ether oxygens (including phenoxy) is 1. The standard InChI is InChI=1S/C16H20N4O/c1-10-14(16(17)18)19-20(15(10)12-5-6-12)9-11-3-7-13(21-2)8-4-11/h3-4,7-8,12H,5-6,9H2,1-2H3,(H3,17,18). The highest BCUT2D eigenvalue weighted by molar-refractivity contribution is 5.94. The van der Waals surface area contributed by atoms with Crippen molar-refractivity contribution >= 4 is 5.84 Å². The van der Waals surface area contributed by atoms with Gasteiger partial charge in [-0.25, -0.2) is 0 Å². The van der Waals surface area contributed by atoms with Gasteiger partial charge >= 0.3 is 0 Å². The van der Waals surface area contributed by atoms with Crippen molar-refractivity contribution in [1.82, 2.24) is 9.78 Å². The van der Waals surface area contributed by atoms with Gasteiger partial charge in [0.25, 0.3) is 0 Å². The number of hydrogen-bond donors (Lipinski definition) is 2. The van der Waals surface area contributed by atoms with E-state index < -0.39 is 0 Å². The van der Waals surface area contributed by atoms with Crippen LogP contribution in [0.2, 0.25) is 0 Å². The van der Waals surface area contributed by atoms with E-state index in [9.17, 15) is 0 Å². The normalized spacial score (nSPS) is 14.2. The summed E-state index contributed by atoms with van der Waals surface area (Å²) in [7, 11) is 1.66. The van der Waals surface area contributed by atoms with Gasteiger partial charge in [-0.05, 0) is 37.5 Å². The zero-order valence-electron chi connectivity index (χ0n) is 12.4. The molecule has 5 heteroatoms. The number of nitrogen functional groups attached to an aromatic ring is 1. The predicted octanol–water partition coefficient (Wildman–Crippen LogP) is 2.41. The number of benzene rings is 1. The molecule has 1 aliphatic rings. The second kappa shape index (κ2) is 5.24. The first-order chi connectivity index (χ1) is 10.1. The minimum Gasteiger partial charge on any atom is -0.497 e. The van der Waals surface area contributed by atoms with Gasteiger partial charge in [0.2, 0.25) is 0 Å². The van der Waals surface area contributed by atoms with Crippen molar-refractivity contribution < 1.29 is 4.74 Å². The van der Waals surface area contributed by atoms with Crippen molar-refractivity contribution in [3.8, 4) is 5.75 Å². The zero-order valence-corrected chi connectivity index (χ0v) is 12.4. The van der Waals surface area contributed by atoms with Gasteiger partial charge in [0.05, 0.1) is 13.7 Å². The van der Waals surface area contributed by atoms with Crippen LogP contribution < -0.4 is 10.5 Å². The fourth-order valence-corrected chi connectivity index (χ4v) is 2.72. The van der Waals surface area contributed by atoms with Crippen molar-refractivity contribution in [3.05, 3.63) is 46.8 Å². The molecule has 3 N–H and O–H groups in total. The van der Waals surface area contributed by atoms with Crippen LogP contribution in [0, 0.1) is 12.3 Å². The molecule has 0 atom stereocenters. The van der Waals surface area contributed by atoms with E-state index in [-0.39, 0.29) is 5.84 Å². The lowest BCUT2D eigenvalue weighted by Gasteiger charge is -2.08. The molecule has 1 aliphatic carbocycles.